The van der Waals surface area contributed by atoms with Gasteiger partial charge >= 0.3 is 0 Å². The largest absolute Gasteiger partial charge is 0.353 e. The number of nitrogens with zero attached hydrogens (tertiary/aromatic N) is 8. The topological polar surface area (TPSA) is 92.9 Å². The van der Waals surface area contributed by atoms with E-state index in [9.17, 15) is 4.79 Å². The van der Waals surface area contributed by atoms with Crippen LogP contribution in [-0.2, 0) is 0 Å². The highest BCUT2D eigenvalue weighted by Crippen LogP contribution is 2.16. The van der Waals surface area contributed by atoms with Crippen molar-refractivity contribution in [1.82, 2.24) is 34.6 Å². The molecule has 4 rings (SSSR count). The van der Waals surface area contributed by atoms with Crippen molar-refractivity contribution in [2.24, 2.45) is 0 Å². The van der Waals surface area contributed by atoms with E-state index in [2.05, 4.69) is 29.9 Å². The molecule has 0 saturated carbocycles. The molecule has 0 unspecified atom stereocenters. The van der Waals surface area contributed by atoms with Gasteiger partial charge in [0.15, 0.2) is 5.82 Å². The summed E-state index contributed by atoms with van der Waals surface area (Å²) in [7, 11) is 0. The minimum atomic E-state index is -0.0856. The zero-order valence-electron chi connectivity index (χ0n) is 15.3. The van der Waals surface area contributed by atoms with Crippen LogP contribution in [0.4, 0.5) is 5.82 Å². The van der Waals surface area contributed by atoms with Gasteiger partial charge < -0.3 is 9.80 Å². The maximum absolute atomic E-state index is 12.6. The average Bonchev–Trinajstić information content (AvgIpc) is 3.15. The van der Waals surface area contributed by atoms with Crippen molar-refractivity contribution in [2.75, 3.05) is 31.1 Å². The molecule has 1 aliphatic heterocycles. The fourth-order valence-corrected chi connectivity index (χ4v) is 2.98. The van der Waals surface area contributed by atoms with Crippen molar-refractivity contribution >= 4 is 11.7 Å². The smallest absolute Gasteiger partial charge is 0.274 e. The summed E-state index contributed by atoms with van der Waals surface area (Å²) in [5.74, 6) is 1.47. The fraction of sp³-hybridized carbons (Fsp3) is 0.333. The van der Waals surface area contributed by atoms with Crippen LogP contribution in [0.25, 0.3) is 5.82 Å². The van der Waals surface area contributed by atoms with Crippen molar-refractivity contribution in [3.63, 3.8) is 0 Å². The number of anilines is 1. The first-order valence-electron chi connectivity index (χ1n) is 8.78. The molecule has 0 radical (unpaired) electrons. The molecule has 3 aromatic heterocycles. The lowest BCUT2D eigenvalue weighted by Crippen LogP contribution is -2.49. The minimum absolute atomic E-state index is 0.0856. The van der Waals surface area contributed by atoms with Crippen LogP contribution >= 0.6 is 0 Å². The summed E-state index contributed by atoms with van der Waals surface area (Å²) in [6.45, 7) is 6.39. The quantitative estimate of drug-likeness (QED) is 0.685. The molecule has 0 bridgehead atoms. The van der Waals surface area contributed by atoms with Crippen molar-refractivity contribution in [3.05, 3.63) is 54.1 Å². The Kier molecular flexibility index (Phi) is 4.49. The molecule has 1 aliphatic rings. The van der Waals surface area contributed by atoms with Gasteiger partial charge in [0.2, 0.25) is 0 Å². The van der Waals surface area contributed by atoms with Gasteiger partial charge in [-0.2, -0.15) is 5.10 Å². The Balaban J connectivity index is 1.43. The molecule has 4 heterocycles. The molecule has 0 spiro atoms. The molecular formula is C18H20N8O. The monoisotopic (exact) mass is 364 g/mol. The van der Waals surface area contributed by atoms with Gasteiger partial charge in [-0.05, 0) is 19.9 Å². The summed E-state index contributed by atoms with van der Waals surface area (Å²) in [6, 6.07) is 3.84. The zero-order valence-corrected chi connectivity index (χ0v) is 15.3. The highest BCUT2D eigenvalue weighted by molar-refractivity contribution is 5.92. The van der Waals surface area contributed by atoms with Gasteiger partial charge in [0.1, 0.15) is 17.8 Å². The summed E-state index contributed by atoms with van der Waals surface area (Å²) >= 11 is 0. The van der Waals surface area contributed by atoms with Gasteiger partial charge in [0.25, 0.3) is 5.91 Å². The number of rotatable bonds is 3. The first-order valence-corrected chi connectivity index (χ1v) is 8.78. The molecule has 27 heavy (non-hydrogen) atoms. The Hall–Kier alpha value is -3.36. The molecule has 9 heteroatoms. The Bertz CT molecular complexity index is 944. The third kappa shape index (κ3) is 3.62. The molecule has 0 atom stereocenters. The van der Waals surface area contributed by atoms with E-state index in [-0.39, 0.29) is 5.91 Å². The molecule has 1 fully saturated rings. The van der Waals surface area contributed by atoms with Crippen LogP contribution in [0.2, 0.25) is 0 Å². The number of aryl methyl sites for hydroxylation is 2. The van der Waals surface area contributed by atoms with Gasteiger partial charge in [-0.3, -0.25) is 9.78 Å². The predicted molar refractivity (Wildman–Crippen MR) is 98.8 cm³/mol. The third-order valence-electron chi connectivity index (χ3n) is 4.49. The number of hydrogen-bond acceptors (Lipinski definition) is 7. The second-order valence-electron chi connectivity index (χ2n) is 6.46. The maximum Gasteiger partial charge on any atom is 0.274 e. The zero-order chi connectivity index (χ0) is 18.8. The van der Waals surface area contributed by atoms with Crippen molar-refractivity contribution in [1.29, 1.82) is 0 Å². The summed E-state index contributed by atoms with van der Waals surface area (Å²) < 4.78 is 1.73. The van der Waals surface area contributed by atoms with Crippen LogP contribution in [0.1, 0.15) is 21.9 Å². The number of carbonyl (C=O) groups is 1. The second kappa shape index (κ2) is 7.10. The summed E-state index contributed by atoms with van der Waals surface area (Å²) in [6.07, 6.45) is 6.57. The van der Waals surface area contributed by atoms with Crippen LogP contribution in [0.5, 0.6) is 0 Å². The second-order valence-corrected chi connectivity index (χ2v) is 6.46. The van der Waals surface area contributed by atoms with Gasteiger partial charge in [-0.15, -0.1) is 0 Å². The van der Waals surface area contributed by atoms with E-state index >= 15 is 0 Å². The fourth-order valence-electron chi connectivity index (χ4n) is 2.98. The van der Waals surface area contributed by atoms with Gasteiger partial charge in [0, 0.05) is 44.6 Å². The van der Waals surface area contributed by atoms with Crippen molar-refractivity contribution in [3.8, 4) is 5.82 Å². The molecule has 9 nitrogen and oxygen atoms in total. The number of aromatic nitrogens is 6. The highest BCUT2D eigenvalue weighted by Gasteiger charge is 2.24. The molecule has 1 amide bonds. The molecule has 138 valence electrons. The van der Waals surface area contributed by atoms with Gasteiger partial charge in [-0.25, -0.2) is 19.6 Å². The van der Waals surface area contributed by atoms with Crippen LogP contribution in [0.3, 0.4) is 0 Å². The van der Waals surface area contributed by atoms with Crippen LogP contribution in [-0.4, -0.2) is 66.7 Å². The third-order valence-corrected chi connectivity index (χ3v) is 4.49. The highest BCUT2D eigenvalue weighted by atomic mass is 16.2. The lowest BCUT2D eigenvalue weighted by Gasteiger charge is -2.35. The van der Waals surface area contributed by atoms with Crippen LogP contribution in [0, 0.1) is 13.8 Å². The molecule has 1 saturated heterocycles. The lowest BCUT2D eigenvalue weighted by molar-refractivity contribution is 0.0740. The molecule has 3 aromatic rings. The molecule has 0 aliphatic carbocycles. The SMILES string of the molecule is Cc1cnc(C(=O)N2CCN(c3cc(-n4ccc(C)n4)ncn3)CC2)cn1. The first kappa shape index (κ1) is 17.1. The Labute approximate surface area is 156 Å². The first-order chi connectivity index (χ1) is 13.1. The van der Waals surface area contributed by atoms with Gasteiger partial charge in [0.05, 0.1) is 17.6 Å². The van der Waals surface area contributed by atoms with E-state index in [0.717, 1.165) is 23.0 Å². The summed E-state index contributed by atoms with van der Waals surface area (Å²) in [4.78, 5) is 33.5. The molecular weight excluding hydrogens is 344 g/mol. The van der Waals surface area contributed by atoms with Crippen LogP contribution in [0.15, 0.2) is 37.1 Å². The molecule has 0 N–H and O–H groups in total. The van der Waals surface area contributed by atoms with E-state index in [1.807, 2.05) is 32.2 Å². The number of hydrogen-bond donors (Lipinski definition) is 0. The van der Waals surface area contributed by atoms with E-state index in [4.69, 9.17) is 0 Å². The van der Waals surface area contributed by atoms with E-state index < -0.39 is 0 Å². The predicted octanol–water partition coefficient (Wildman–Crippen LogP) is 1.03. The average molecular weight is 364 g/mol. The number of carbonyl (C=O) groups excluding carboxylic acids is 1. The van der Waals surface area contributed by atoms with E-state index in [0.29, 0.717) is 31.9 Å². The minimum Gasteiger partial charge on any atom is -0.353 e. The van der Waals surface area contributed by atoms with Crippen molar-refractivity contribution in [2.45, 2.75) is 13.8 Å². The Morgan fingerprint density at radius 3 is 2.37 bits per heavy atom. The van der Waals surface area contributed by atoms with Gasteiger partial charge in [-0.1, -0.05) is 0 Å². The van der Waals surface area contributed by atoms with E-state index in [1.165, 1.54) is 6.20 Å². The standard InChI is InChI=1S/C18H20N8O/c1-13-3-4-26(23-13)17-9-16(21-12-22-17)24-5-7-25(8-6-24)18(27)15-11-19-14(2)10-20-15/h3-4,9-12H,5-8H2,1-2H3. The normalized spacial score (nSPS) is 14.4. The van der Waals surface area contributed by atoms with Crippen molar-refractivity contribution < 1.29 is 4.79 Å². The molecule has 0 aromatic carbocycles. The lowest BCUT2D eigenvalue weighted by atomic mass is 10.2. The maximum atomic E-state index is 12.6. The summed E-state index contributed by atoms with van der Waals surface area (Å²) in [5.41, 5.74) is 2.11. The van der Waals surface area contributed by atoms with Crippen LogP contribution < -0.4 is 4.90 Å². The number of amides is 1. The Morgan fingerprint density at radius 2 is 1.70 bits per heavy atom. The Morgan fingerprint density at radius 1 is 0.926 bits per heavy atom. The number of piperazine rings is 1. The summed E-state index contributed by atoms with van der Waals surface area (Å²) in [5, 5.41) is 4.38. The van der Waals surface area contributed by atoms with E-state index in [1.54, 1.807) is 22.1 Å².